The number of ether oxygens (including phenoxy) is 2. The van der Waals surface area contributed by atoms with Gasteiger partial charge in [-0.1, -0.05) is 12.1 Å². The highest BCUT2D eigenvalue weighted by molar-refractivity contribution is 5.40. The molecule has 1 aromatic rings. The lowest BCUT2D eigenvalue weighted by Gasteiger charge is -2.23. The highest BCUT2D eigenvalue weighted by Crippen LogP contribution is 2.34. The smallest absolute Gasteiger partial charge is 0.161 e. The van der Waals surface area contributed by atoms with Crippen LogP contribution in [0.15, 0.2) is 24.3 Å². The first-order valence-electron chi connectivity index (χ1n) is 5.49. The van der Waals surface area contributed by atoms with E-state index >= 15 is 0 Å². The molecule has 82 valence electrons. The summed E-state index contributed by atoms with van der Waals surface area (Å²) in [5.41, 5.74) is -0.178. The van der Waals surface area contributed by atoms with Crippen LogP contribution in [0.4, 0.5) is 0 Å². The van der Waals surface area contributed by atoms with Crippen molar-refractivity contribution < 1.29 is 9.47 Å². The quantitative estimate of drug-likeness (QED) is 0.754. The monoisotopic (exact) mass is 206 g/mol. The highest BCUT2D eigenvalue weighted by atomic mass is 16.5. The maximum atomic E-state index is 5.84. The zero-order chi connectivity index (χ0) is 10.9. The molecule has 0 amide bonds. The summed E-state index contributed by atoms with van der Waals surface area (Å²) in [6.07, 6.45) is 2.75. The van der Waals surface area contributed by atoms with Gasteiger partial charge >= 0.3 is 0 Å². The van der Waals surface area contributed by atoms with Gasteiger partial charge in [-0.3, -0.25) is 0 Å². The molecular weight excluding hydrogens is 188 g/mol. The van der Waals surface area contributed by atoms with Gasteiger partial charge in [-0.15, -0.1) is 0 Å². The highest BCUT2D eigenvalue weighted by Gasteiger charge is 2.25. The predicted octanol–water partition coefficient (Wildman–Crippen LogP) is 3.41. The van der Waals surface area contributed by atoms with Crippen LogP contribution >= 0.6 is 0 Å². The fourth-order valence-electron chi connectivity index (χ4n) is 1.33. The minimum Gasteiger partial charge on any atom is -0.487 e. The van der Waals surface area contributed by atoms with Gasteiger partial charge in [0, 0.05) is 0 Å². The third-order valence-corrected chi connectivity index (χ3v) is 2.08. The van der Waals surface area contributed by atoms with Crippen molar-refractivity contribution in [1.82, 2.24) is 0 Å². The van der Waals surface area contributed by atoms with Gasteiger partial charge in [0.15, 0.2) is 11.5 Å². The van der Waals surface area contributed by atoms with E-state index in [2.05, 4.69) is 0 Å². The first-order valence-corrected chi connectivity index (χ1v) is 5.49. The van der Waals surface area contributed by atoms with Gasteiger partial charge < -0.3 is 9.47 Å². The zero-order valence-electron chi connectivity index (χ0n) is 9.62. The average Bonchev–Trinajstić information content (AvgIpc) is 2.89. The van der Waals surface area contributed by atoms with E-state index in [0.29, 0.717) is 6.10 Å². The predicted molar refractivity (Wildman–Crippen MR) is 60.5 cm³/mol. The van der Waals surface area contributed by atoms with Crippen LogP contribution in [0, 0.1) is 0 Å². The Labute approximate surface area is 91.2 Å². The molecule has 0 unspecified atom stereocenters. The van der Waals surface area contributed by atoms with Crippen LogP contribution in [0.1, 0.15) is 33.6 Å². The summed E-state index contributed by atoms with van der Waals surface area (Å²) in [6.45, 7) is 6.13. The van der Waals surface area contributed by atoms with Crippen LogP contribution in [0.25, 0.3) is 0 Å². The van der Waals surface area contributed by atoms with E-state index in [1.807, 2.05) is 45.0 Å². The molecule has 0 atom stereocenters. The van der Waals surface area contributed by atoms with Gasteiger partial charge in [0.2, 0.25) is 0 Å². The summed E-state index contributed by atoms with van der Waals surface area (Å²) in [6, 6.07) is 7.89. The molecule has 0 aliphatic heterocycles. The number of benzene rings is 1. The Morgan fingerprint density at radius 2 is 1.67 bits per heavy atom. The summed E-state index contributed by atoms with van der Waals surface area (Å²) in [7, 11) is 0. The molecule has 1 aliphatic rings. The molecule has 2 rings (SSSR count). The molecule has 1 aromatic carbocycles. The summed E-state index contributed by atoms with van der Waals surface area (Å²) >= 11 is 0. The molecule has 0 heterocycles. The molecule has 1 fully saturated rings. The van der Waals surface area contributed by atoms with E-state index in [-0.39, 0.29) is 5.60 Å². The van der Waals surface area contributed by atoms with Crippen LogP contribution in [0.3, 0.4) is 0 Å². The molecule has 1 aliphatic carbocycles. The average molecular weight is 206 g/mol. The van der Waals surface area contributed by atoms with E-state index in [1.54, 1.807) is 0 Å². The van der Waals surface area contributed by atoms with Crippen molar-refractivity contribution in [2.45, 2.75) is 45.3 Å². The van der Waals surface area contributed by atoms with Gasteiger partial charge in [0.1, 0.15) is 5.60 Å². The fourth-order valence-corrected chi connectivity index (χ4v) is 1.33. The second-order valence-corrected chi connectivity index (χ2v) is 4.98. The van der Waals surface area contributed by atoms with Crippen molar-refractivity contribution in [1.29, 1.82) is 0 Å². The minimum absolute atomic E-state index is 0.178. The standard InChI is InChI=1S/C13H18O2/c1-13(2,3)15-12-7-5-4-6-11(12)14-10-8-9-10/h4-7,10H,8-9H2,1-3H3. The summed E-state index contributed by atoms with van der Waals surface area (Å²) in [5.74, 6) is 1.71. The third kappa shape index (κ3) is 3.15. The van der Waals surface area contributed by atoms with Crippen LogP contribution < -0.4 is 9.47 Å². The van der Waals surface area contributed by atoms with E-state index in [4.69, 9.17) is 9.47 Å². The van der Waals surface area contributed by atoms with Gasteiger partial charge in [0.25, 0.3) is 0 Å². The Bertz CT molecular complexity index is 335. The molecule has 1 saturated carbocycles. The van der Waals surface area contributed by atoms with Gasteiger partial charge in [-0.05, 0) is 45.7 Å². The summed E-state index contributed by atoms with van der Waals surface area (Å²) in [5, 5.41) is 0. The van der Waals surface area contributed by atoms with Crippen LogP contribution in [-0.4, -0.2) is 11.7 Å². The van der Waals surface area contributed by atoms with Crippen molar-refractivity contribution in [3.63, 3.8) is 0 Å². The molecule has 0 aromatic heterocycles. The Morgan fingerprint density at radius 1 is 1.07 bits per heavy atom. The lowest BCUT2D eigenvalue weighted by Crippen LogP contribution is -2.23. The van der Waals surface area contributed by atoms with Crippen molar-refractivity contribution >= 4 is 0 Å². The number of para-hydroxylation sites is 2. The first kappa shape index (κ1) is 10.3. The van der Waals surface area contributed by atoms with Gasteiger partial charge in [0.05, 0.1) is 6.10 Å². The Morgan fingerprint density at radius 3 is 2.20 bits per heavy atom. The van der Waals surface area contributed by atoms with Crippen molar-refractivity contribution in [3.05, 3.63) is 24.3 Å². The summed E-state index contributed by atoms with van der Waals surface area (Å²) < 4.78 is 11.6. The SMILES string of the molecule is CC(C)(C)Oc1ccccc1OC1CC1. The van der Waals surface area contributed by atoms with Gasteiger partial charge in [-0.25, -0.2) is 0 Å². The largest absolute Gasteiger partial charge is 0.487 e. The Balaban J connectivity index is 2.13. The number of rotatable bonds is 3. The molecule has 0 spiro atoms. The normalized spacial score (nSPS) is 16.2. The molecule has 2 heteroatoms. The van der Waals surface area contributed by atoms with Crippen molar-refractivity contribution in [2.24, 2.45) is 0 Å². The second-order valence-electron chi connectivity index (χ2n) is 4.98. The van der Waals surface area contributed by atoms with E-state index in [9.17, 15) is 0 Å². The van der Waals surface area contributed by atoms with Crippen molar-refractivity contribution in [2.75, 3.05) is 0 Å². The molecule has 0 bridgehead atoms. The fraction of sp³-hybridized carbons (Fsp3) is 0.538. The maximum Gasteiger partial charge on any atom is 0.161 e. The maximum absolute atomic E-state index is 5.84. The Kier molecular flexibility index (Phi) is 2.59. The molecule has 15 heavy (non-hydrogen) atoms. The molecule has 0 N–H and O–H groups in total. The second kappa shape index (κ2) is 3.76. The zero-order valence-corrected chi connectivity index (χ0v) is 9.62. The van der Waals surface area contributed by atoms with E-state index in [1.165, 1.54) is 12.8 Å². The first-order chi connectivity index (χ1) is 7.04. The number of hydrogen-bond acceptors (Lipinski definition) is 2. The molecular formula is C13H18O2. The lowest BCUT2D eigenvalue weighted by atomic mass is 10.2. The molecule has 2 nitrogen and oxygen atoms in total. The minimum atomic E-state index is -0.178. The summed E-state index contributed by atoms with van der Waals surface area (Å²) in [4.78, 5) is 0. The third-order valence-electron chi connectivity index (χ3n) is 2.08. The van der Waals surface area contributed by atoms with Crippen molar-refractivity contribution in [3.8, 4) is 11.5 Å². The van der Waals surface area contributed by atoms with E-state index in [0.717, 1.165) is 11.5 Å². The molecule has 0 saturated heterocycles. The van der Waals surface area contributed by atoms with Crippen LogP contribution in [0.2, 0.25) is 0 Å². The topological polar surface area (TPSA) is 18.5 Å². The molecule has 0 radical (unpaired) electrons. The van der Waals surface area contributed by atoms with Crippen LogP contribution in [0.5, 0.6) is 11.5 Å². The lowest BCUT2D eigenvalue weighted by molar-refractivity contribution is 0.122. The number of hydrogen-bond donors (Lipinski definition) is 0. The van der Waals surface area contributed by atoms with Crippen LogP contribution in [-0.2, 0) is 0 Å². The Hall–Kier alpha value is -1.18. The van der Waals surface area contributed by atoms with Gasteiger partial charge in [-0.2, -0.15) is 0 Å². The van der Waals surface area contributed by atoms with E-state index < -0.39 is 0 Å².